The molecular weight excluding hydrogens is 278 g/mol. The molecule has 0 unspecified atom stereocenters. The number of furan rings is 1. The number of carboxylic acids is 1. The molecule has 3 amide bonds. The zero-order valence-corrected chi connectivity index (χ0v) is 11.4. The van der Waals surface area contributed by atoms with Crippen LogP contribution in [0, 0.1) is 5.92 Å². The van der Waals surface area contributed by atoms with Gasteiger partial charge in [0.2, 0.25) is 11.7 Å². The van der Waals surface area contributed by atoms with Crippen LogP contribution in [0.15, 0.2) is 16.5 Å². The lowest BCUT2D eigenvalue weighted by Crippen LogP contribution is -2.46. The molecule has 1 saturated heterocycles. The summed E-state index contributed by atoms with van der Waals surface area (Å²) in [6.45, 7) is 1.05. The molecule has 1 aromatic rings. The maximum absolute atomic E-state index is 11.9. The number of hydrogen-bond donors (Lipinski definition) is 3. The molecule has 0 aromatic carbocycles. The van der Waals surface area contributed by atoms with Crippen molar-refractivity contribution in [1.29, 1.82) is 0 Å². The van der Waals surface area contributed by atoms with Gasteiger partial charge in [-0.05, 0) is 25.0 Å². The van der Waals surface area contributed by atoms with E-state index in [0.29, 0.717) is 31.7 Å². The number of urea groups is 1. The number of likely N-dealkylation sites (tertiary alicyclic amines) is 1. The summed E-state index contributed by atoms with van der Waals surface area (Å²) in [5, 5.41) is 11.4. The Balaban J connectivity index is 1.79. The Hall–Kier alpha value is -2.51. The highest BCUT2D eigenvalue weighted by Gasteiger charge is 2.25. The first-order valence-corrected chi connectivity index (χ1v) is 6.61. The normalized spacial score (nSPS) is 15.7. The van der Waals surface area contributed by atoms with Crippen molar-refractivity contribution >= 4 is 17.9 Å². The monoisotopic (exact) mass is 295 g/mol. The quantitative estimate of drug-likeness (QED) is 0.740. The highest BCUT2D eigenvalue weighted by atomic mass is 16.4. The zero-order valence-electron chi connectivity index (χ0n) is 11.4. The van der Waals surface area contributed by atoms with Gasteiger partial charge in [0, 0.05) is 19.0 Å². The van der Waals surface area contributed by atoms with E-state index in [1.54, 1.807) is 4.90 Å². The number of primary amides is 1. The van der Waals surface area contributed by atoms with E-state index in [4.69, 9.17) is 15.3 Å². The topological polar surface area (TPSA) is 126 Å². The second-order valence-electron chi connectivity index (χ2n) is 4.89. The van der Waals surface area contributed by atoms with Crippen molar-refractivity contribution in [3.8, 4) is 0 Å². The molecule has 21 heavy (non-hydrogen) atoms. The van der Waals surface area contributed by atoms with E-state index in [-0.39, 0.29) is 30.2 Å². The second kappa shape index (κ2) is 6.29. The standard InChI is InChI=1S/C13H17N3O5/c14-11(17)8-3-5-16(6-4-8)13(20)15-7-9-1-2-10(21-9)12(18)19/h1-2,8H,3-7H2,(H2,14,17)(H,15,20)(H,18,19). The number of nitrogens with two attached hydrogens (primary N) is 1. The van der Waals surface area contributed by atoms with Crippen molar-refractivity contribution in [3.05, 3.63) is 23.7 Å². The molecule has 0 aliphatic carbocycles. The largest absolute Gasteiger partial charge is 0.475 e. The molecule has 0 saturated carbocycles. The first-order valence-electron chi connectivity index (χ1n) is 6.61. The third-order valence-corrected chi connectivity index (χ3v) is 3.47. The molecule has 1 fully saturated rings. The van der Waals surface area contributed by atoms with Crippen LogP contribution in [0.25, 0.3) is 0 Å². The van der Waals surface area contributed by atoms with Gasteiger partial charge in [0.05, 0.1) is 6.54 Å². The Bertz CT molecular complexity index is 546. The number of nitrogens with zero attached hydrogens (tertiary/aromatic N) is 1. The van der Waals surface area contributed by atoms with Gasteiger partial charge in [0.1, 0.15) is 5.76 Å². The Kier molecular flexibility index (Phi) is 4.46. The third-order valence-electron chi connectivity index (χ3n) is 3.47. The predicted molar refractivity (Wildman–Crippen MR) is 71.4 cm³/mol. The number of piperidine rings is 1. The lowest BCUT2D eigenvalue weighted by atomic mass is 9.96. The van der Waals surface area contributed by atoms with Crippen molar-refractivity contribution in [1.82, 2.24) is 10.2 Å². The maximum atomic E-state index is 11.9. The van der Waals surface area contributed by atoms with Crippen LogP contribution < -0.4 is 11.1 Å². The summed E-state index contributed by atoms with van der Waals surface area (Å²) >= 11 is 0. The highest BCUT2D eigenvalue weighted by Crippen LogP contribution is 2.16. The van der Waals surface area contributed by atoms with Crippen LogP contribution in [-0.4, -0.2) is 41.0 Å². The maximum Gasteiger partial charge on any atom is 0.371 e. The molecular formula is C13H17N3O5. The van der Waals surface area contributed by atoms with Crippen LogP contribution in [0.4, 0.5) is 4.79 Å². The average molecular weight is 295 g/mol. The van der Waals surface area contributed by atoms with E-state index < -0.39 is 5.97 Å². The van der Waals surface area contributed by atoms with E-state index in [2.05, 4.69) is 5.32 Å². The molecule has 2 rings (SSSR count). The van der Waals surface area contributed by atoms with Gasteiger partial charge < -0.3 is 25.5 Å². The second-order valence-corrected chi connectivity index (χ2v) is 4.89. The molecule has 4 N–H and O–H groups in total. The van der Waals surface area contributed by atoms with Gasteiger partial charge in [0.25, 0.3) is 0 Å². The number of rotatable bonds is 4. The molecule has 8 heteroatoms. The van der Waals surface area contributed by atoms with Crippen LogP contribution in [0.1, 0.15) is 29.2 Å². The van der Waals surface area contributed by atoms with Crippen LogP contribution >= 0.6 is 0 Å². The summed E-state index contributed by atoms with van der Waals surface area (Å²) in [4.78, 5) is 35.2. The van der Waals surface area contributed by atoms with Crippen molar-refractivity contribution in [3.63, 3.8) is 0 Å². The molecule has 0 spiro atoms. The number of aromatic carboxylic acids is 1. The molecule has 2 heterocycles. The minimum Gasteiger partial charge on any atom is -0.475 e. The SMILES string of the molecule is NC(=O)C1CCN(C(=O)NCc2ccc(C(=O)O)o2)CC1. The molecule has 8 nitrogen and oxygen atoms in total. The first-order chi connectivity index (χ1) is 9.97. The molecule has 1 aliphatic heterocycles. The fourth-order valence-electron chi connectivity index (χ4n) is 2.23. The summed E-state index contributed by atoms with van der Waals surface area (Å²) in [5.41, 5.74) is 5.23. The predicted octanol–water partition coefficient (Wildman–Crippen LogP) is 0.385. The summed E-state index contributed by atoms with van der Waals surface area (Å²) in [6.07, 6.45) is 1.12. The van der Waals surface area contributed by atoms with E-state index in [0.717, 1.165) is 0 Å². The van der Waals surface area contributed by atoms with E-state index in [1.807, 2.05) is 0 Å². The summed E-state index contributed by atoms with van der Waals surface area (Å²) in [6, 6.07) is 2.57. The first kappa shape index (κ1) is 14.9. The van der Waals surface area contributed by atoms with Gasteiger partial charge in [-0.25, -0.2) is 9.59 Å². The van der Waals surface area contributed by atoms with E-state index in [9.17, 15) is 14.4 Å². The Labute approximate surface area is 120 Å². The van der Waals surface area contributed by atoms with Gasteiger partial charge in [-0.15, -0.1) is 0 Å². The van der Waals surface area contributed by atoms with Gasteiger partial charge >= 0.3 is 12.0 Å². The van der Waals surface area contributed by atoms with Crippen LogP contribution in [0.5, 0.6) is 0 Å². The van der Waals surface area contributed by atoms with Crippen molar-refractivity contribution in [2.75, 3.05) is 13.1 Å². The fraction of sp³-hybridized carbons (Fsp3) is 0.462. The summed E-state index contributed by atoms with van der Waals surface area (Å²) < 4.78 is 5.04. The number of nitrogens with one attached hydrogen (secondary N) is 1. The zero-order chi connectivity index (χ0) is 15.4. The number of amides is 3. The number of hydrogen-bond acceptors (Lipinski definition) is 4. The van der Waals surface area contributed by atoms with Gasteiger partial charge in [-0.2, -0.15) is 0 Å². The lowest BCUT2D eigenvalue weighted by molar-refractivity contribution is -0.123. The Morgan fingerprint density at radius 1 is 1.33 bits per heavy atom. The van der Waals surface area contributed by atoms with E-state index >= 15 is 0 Å². The van der Waals surface area contributed by atoms with Gasteiger partial charge in [0.15, 0.2) is 0 Å². The average Bonchev–Trinajstić information content (AvgIpc) is 2.94. The summed E-state index contributed by atoms with van der Waals surface area (Å²) in [5.74, 6) is -1.44. The third kappa shape index (κ3) is 3.74. The lowest BCUT2D eigenvalue weighted by Gasteiger charge is -2.30. The Morgan fingerprint density at radius 3 is 2.52 bits per heavy atom. The van der Waals surface area contributed by atoms with Crippen molar-refractivity contribution in [2.45, 2.75) is 19.4 Å². The fourth-order valence-corrected chi connectivity index (χ4v) is 2.23. The minimum atomic E-state index is -1.15. The molecule has 1 aromatic heterocycles. The summed E-state index contributed by atoms with van der Waals surface area (Å²) in [7, 11) is 0. The van der Waals surface area contributed by atoms with Gasteiger partial charge in [-0.1, -0.05) is 0 Å². The van der Waals surface area contributed by atoms with Crippen molar-refractivity contribution in [2.24, 2.45) is 11.7 Å². The smallest absolute Gasteiger partial charge is 0.371 e. The molecule has 0 bridgehead atoms. The molecule has 0 radical (unpaired) electrons. The van der Waals surface area contributed by atoms with Crippen LogP contribution in [0.2, 0.25) is 0 Å². The van der Waals surface area contributed by atoms with Crippen molar-refractivity contribution < 1.29 is 23.9 Å². The molecule has 1 aliphatic rings. The van der Waals surface area contributed by atoms with Gasteiger partial charge in [-0.3, -0.25) is 4.79 Å². The van der Waals surface area contributed by atoms with Crippen LogP contribution in [0.3, 0.4) is 0 Å². The highest BCUT2D eigenvalue weighted by molar-refractivity contribution is 5.84. The number of carboxylic acid groups (broad SMARTS) is 1. The minimum absolute atomic E-state index is 0.113. The van der Waals surface area contributed by atoms with E-state index in [1.165, 1.54) is 12.1 Å². The number of carbonyl (C=O) groups excluding carboxylic acids is 2. The van der Waals surface area contributed by atoms with Crippen LogP contribution in [-0.2, 0) is 11.3 Å². The number of carbonyl (C=O) groups is 3. The molecule has 0 atom stereocenters. The molecule has 114 valence electrons. The Morgan fingerprint density at radius 2 is 2.00 bits per heavy atom.